The summed E-state index contributed by atoms with van der Waals surface area (Å²) in [6.45, 7) is 7.15. The average molecular weight is 280 g/mol. The molecule has 2 atom stereocenters. The molecule has 0 spiro atoms. The fourth-order valence-electron chi connectivity index (χ4n) is 3.72. The Morgan fingerprint density at radius 1 is 1.10 bits per heavy atom. The van der Waals surface area contributed by atoms with E-state index >= 15 is 0 Å². The minimum atomic E-state index is -0.432. The SMILES string of the molecule is CC(C)(C)OC(=O)N1CC(N2C3CCC2CC(=O)C3)C1. The van der Waals surface area contributed by atoms with Crippen LogP contribution in [0.2, 0.25) is 0 Å². The first-order valence-electron chi connectivity index (χ1n) is 7.60. The summed E-state index contributed by atoms with van der Waals surface area (Å²) in [5, 5.41) is 0. The number of carbonyl (C=O) groups is 2. The van der Waals surface area contributed by atoms with Crippen LogP contribution in [0.3, 0.4) is 0 Å². The molecule has 0 saturated carbocycles. The van der Waals surface area contributed by atoms with Gasteiger partial charge in [0, 0.05) is 44.1 Å². The summed E-state index contributed by atoms with van der Waals surface area (Å²) in [6, 6.07) is 1.27. The van der Waals surface area contributed by atoms with E-state index in [1.165, 1.54) is 0 Å². The lowest BCUT2D eigenvalue weighted by Crippen LogP contribution is -2.65. The van der Waals surface area contributed by atoms with E-state index in [2.05, 4.69) is 4.90 Å². The van der Waals surface area contributed by atoms with Crippen LogP contribution < -0.4 is 0 Å². The Labute approximate surface area is 120 Å². The van der Waals surface area contributed by atoms with Gasteiger partial charge in [0.2, 0.25) is 0 Å². The van der Waals surface area contributed by atoms with Crippen molar-refractivity contribution < 1.29 is 14.3 Å². The van der Waals surface area contributed by atoms with Crippen molar-refractivity contribution in [3.8, 4) is 0 Å². The van der Waals surface area contributed by atoms with Crippen LogP contribution in [0.15, 0.2) is 0 Å². The lowest BCUT2D eigenvalue weighted by atomic mass is 9.96. The van der Waals surface area contributed by atoms with E-state index in [-0.39, 0.29) is 6.09 Å². The third kappa shape index (κ3) is 2.55. The van der Waals surface area contributed by atoms with Gasteiger partial charge in [-0.15, -0.1) is 0 Å². The monoisotopic (exact) mass is 280 g/mol. The van der Waals surface area contributed by atoms with E-state index in [0.29, 0.717) is 36.8 Å². The van der Waals surface area contributed by atoms with Gasteiger partial charge >= 0.3 is 6.09 Å². The summed E-state index contributed by atoms with van der Waals surface area (Å²) < 4.78 is 5.38. The predicted octanol–water partition coefficient (Wildman–Crippen LogP) is 1.80. The van der Waals surface area contributed by atoms with Crippen molar-refractivity contribution >= 4 is 11.9 Å². The van der Waals surface area contributed by atoms with Crippen molar-refractivity contribution in [2.24, 2.45) is 0 Å². The van der Waals surface area contributed by atoms with Gasteiger partial charge in [-0.05, 0) is 33.6 Å². The molecular formula is C15H24N2O3. The molecule has 0 aromatic carbocycles. The van der Waals surface area contributed by atoms with Gasteiger partial charge in [0.1, 0.15) is 11.4 Å². The van der Waals surface area contributed by atoms with Crippen LogP contribution in [0.4, 0.5) is 4.79 Å². The molecule has 20 heavy (non-hydrogen) atoms. The number of ketones is 1. The first kappa shape index (κ1) is 13.9. The van der Waals surface area contributed by atoms with Gasteiger partial charge in [-0.1, -0.05) is 0 Å². The number of rotatable bonds is 1. The number of hydrogen-bond donors (Lipinski definition) is 0. The van der Waals surface area contributed by atoms with Crippen molar-refractivity contribution in [2.45, 2.75) is 70.2 Å². The zero-order valence-electron chi connectivity index (χ0n) is 12.6. The van der Waals surface area contributed by atoms with Crippen LogP contribution >= 0.6 is 0 Å². The Hall–Kier alpha value is -1.10. The molecule has 1 amide bonds. The van der Waals surface area contributed by atoms with Gasteiger partial charge in [0.25, 0.3) is 0 Å². The highest BCUT2D eigenvalue weighted by atomic mass is 16.6. The molecule has 3 fully saturated rings. The molecule has 3 aliphatic rings. The fourth-order valence-corrected chi connectivity index (χ4v) is 3.72. The molecule has 0 N–H and O–H groups in total. The van der Waals surface area contributed by atoms with Gasteiger partial charge < -0.3 is 9.64 Å². The van der Waals surface area contributed by atoms with Gasteiger partial charge in [-0.2, -0.15) is 0 Å². The van der Waals surface area contributed by atoms with E-state index in [1.54, 1.807) is 4.90 Å². The number of Topliss-reactive ketones (excluding diaryl/α,β-unsaturated/α-hetero) is 1. The predicted molar refractivity (Wildman–Crippen MR) is 74.5 cm³/mol. The van der Waals surface area contributed by atoms with E-state index in [4.69, 9.17) is 4.74 Å². The van der Waals surface area contributed by atoms with Gasteiger partial charge in [-0.3, -0.25) is 9.69 Å². The maximum atomic E-state index is 11.9. The number of piperidine rings is 1. The Morgan fingerprint density at radius 3 is 2.15 bits per heavy atom. The van der Waals surface area contributed by atoms with E-state index in [9.17, 15) is 9.59 Å². The van der Waals surface area contributed by atoms with Crippen molar-refractivity contribution in [2.75, 3.05) is 13.1 Å². The number of likely N-dealkylation sites (tertiary alicyclic amines) is 1. The number of ether oxygens (including phenoxy) is 1. The molecule has 2 bridgehead atoms. The van der Waals surface area contributed by atoms with Crippen LogP contribution in [0.25, 0.3) is 0 Å². The molecule has 0 aromatic rings. The summed E-state index contributed by atoms with van der Waals surface area (Å²) in [7, 11) is 0. The Bertz CT molecular complexity index is 407. The van der Waals surface area contributed by atoms with Crippen LogP contribution in [-0.2, 0) is 9.53 Å². The van der Waals surface area contributed by atoms with Gasteiger partial charge in [-0.25, -0.2) is 4.79 Å². The zero-order chi connectivity index (χ0) is 14.5. The minimum Gasteiger partial charge on any atom is -0.444 e. The molecule has 3 saturated heterocycles. The standard InChI is InChI=1S/C15H24N2O3/c1-15(2,3)20-14(19)16-8-12(9-16)17-10-4-5-11(17)7-13(18)6-10/h10-12H,4-9H2,1-3H3. The number of carbonyl (C=O) groups excluding carboxylic acids is 2. The minimum absolute atomic E-state index is 0.214. The molecule has 3 heterocycles. The van der Waals surface area contributed by atoms with Crippen molar-refractivity contribution in [3.05, 3.63) is 0 Å². The highest BCUT2D eigenvalue weighted by Crippen LogP contribution is 2.37. The van der Waals surface area contributed by atoms with Crippen LogP contribution in [0.5, 0.6) is 0 Å². The largest absolute Gasteiger partial charge is 0.444 e. The van der Waals surface area contributed by atoms with E-state index in [1.807, 2.05) is 20.8 Å². The highest BCUT2D eigenvalue weighted by molar-refractivity contribution is 5.81. The van der Waals surface area contributed by atoms with Crippen molar-refractivity contribution in [3.63, 3.8) is 0 Å². The first-order valence-corrected chi connectivity index (χ1v) is 7.60. The van der Waals surface area contributed by atoms with E-state index < -0.39 is 5.60 Å². The Morgan fingerprint density at radius 2 is 1.65 bits per heavy atom. The summed E-state index contributed by atoms with van der Waals surface area (Å²) in [5.74, 6) is 0.414. The number of hydrogen-bond acceptors (Lipinski definition) is 4. The number of fused-ring (bicyclic) bond motifs is 2. The second kappa shape index (κ2) is 4.72. The highest BCUT2D eigenvalue weighted by Gasteiger charge is 2.48. The van der Waals surface area contributed by atoms with Crippen LogP contribution in [0.1, 0.15) is 46.5 Å². The first-order chi connectivity index (χ1) is 9.33. The summed E-state index contributed by atoms with van der Waals surface area (Å²) in [5.41, 5.74) is -0.432. The third-order valence-electron chi connectivity index (χ3n) is 4.54. The molecule has 0 aliphatic carbocycles. The normalized spacial score (nSPS) is 31.4. The average Bonchev–Trinajstić information content (AvgIpc) is 2.50. The molecule has 3 rings (SSSR count). The Kier molecular flexibility index (Phi) is 3.27. The van der Waals surface area contributed by atoms with Crippen LogP contribution in [0, 0.1) is 0 Å². The topological polar surface area (TPSA) is 49.9 Å². The maximum Gasteiger partial charge on any atom is 0.410 e. The molecule has 0 aromatic heterocycles. The molecule has 0 radical (unpaired) electrons. The lowest BCUT2D eigenvalue weighted by molar-refractivity contribution is -0.126. The second-order valence-electron chi connectivity index (χ2n) is 7.32. The molecule has 5 heteroatoms. The molecule has 3 aliphatic heterocycles. The maximum absolute atomic E-state index is 11.9. The van der Waals surface area contributed by atoms with Crippen molar-refractivity contribution in [1.82, 2.24) is 9.80 Å². The molecule has 112 valence electrons. The quantitative estimate of drug-likeness (QED) is 0.735. The molecule has 5 nitrogen and oxygen atoms in total. The smallest absolute Gasteiger partial charge is 0.410 e. The number of amides is 1. The van der Waals surface area contributed by atoms with Gasteiger partial charge in [0.15, 0.2) is 0 Å². The summed E-state index contributed by atoms with van der Waals surface area (Å²) >= 11 is 0. The number of nitrogens with zero attached hydrogens (tertiary/aromatic N) is 2. The van der Waals surface area contributed by atoms with Crippen LogP contribution in [-0.4, -0.2) is 58.5 Å². The fraction of sp³-hybridized carbons (Fsp3) is 0.867. The zero-order valence-corrected chi connectivity index (χ0v) is 12.6. The van der Waals surface area contributed by atoms with Gasteiger partial charge in [0.05, 0.1) is 0 Å². The van der Waals surface area contributed by atoms with E-state index in [0.717, 1.165) is 25.9 Å². The second-order valence-corrected chi connectivity index (χ2v) is 7.32. The Balaban J connectivity index is 1.54. The summed E-state index contributed by atoms with van der Waals surface area (Å²) in [6.07, 6.45) is 3.48. The lowest BCUT2D eigenvalue weighted by Gasteiger charge is -2.49. The third-order valence-corrected chi connectivity index (χ3v) is 4.54. The molecular weight excluding hydrogens is 256 g/mol. The van der Waals surface area contributed by atoms with Crippen molar-refractivity contribution in [1.29, 1.82) is 0 Å². The summed E-state index contributed by atoms with van der Waals surface area (Å²) in [4.78, 5) is 27.8. The molecule has 2 unspecified atom stereocenters.